The lowest BCUT2D eigenvalue weighted by molar-refractivity contribution is 0.0745. The summed E-state index contributed by atoms with van der Waals surface area (Å²) in [5, 5.41) is 6.04. The third-order valence-corrected chi connectivity index (χ3v) is 2.76. The maximum Gasteiger partial charge on any atom is 0.255 e. The molecule has 1 amide bonds. The first-order valence-corrected chi connectivity index (χ1v) is 6.58. The molecule has 5 heteroatoms. The lowest BCUT2D eigenvalue weighted by Gasteiger charge is -2.21. The molecule has 19 heavy (non-hydrogen) atoms. The van der Waals surface area contributed by atoms with E-state index in [0.29, 0.717) is 31.1 Å². The summed E-state index contributed by atoms with van der Waals surface area (Å²) >= 11 is 0. The lowest BCUT2D eigenvalue weighted by atomic mass is 10.1. The average Bonchev–Trinajstić information content (AvgIpc) is 2.42. The molecule has 1 aliphatic heterocycles. The van der Waals surface area contributed by atoms with Gasteiger partial charge < -0.3 is 20.1 Å². The van der Waals surface area contributed by atoms with Gasteiger partial charge in [0.2, 0.25) is 0 Å². The largest absolute Gasteiger partial charge is 0.489 e. The molecule has 2 N–H and O–H groups in total. The minimum absolute atomic E-state index is 0.132. The molecule has 2 rings (SSSR count). The van der Waals surface area contributed by atoms with Crippen molar-refractivity contribution in [3.8, 4) is 5.75 Å². The molecule has 1 aliphatic rings. The number of hydrogen-bond donors (Lipinski definition) is 2. The summed E-state index contributed by atoms with van der Waals surface area (Å²) in [6.45, 7) is 6.28. The van der Waals surface area contributed by atoms with E-state index in [1.54, 1.807) is 6.07 Å². The molecule has 0 bridgehead atoms. The van der Waals surface area contributed by atoms with Crippen molar-refractivity contribution >= 4 is 11.6 Å². The Kier molecular flexibility index (Phi) is 4.63. The van der Waals surface area contributed by atoms with Crippen molar-refractivity contribution in [1.82, 2.24) is 5.32 Å². The molecule has 0 aromatic heterocycles. The topological polar surface area (TPSA) is 59.6 Å². The highest BCUT2D eigenvalue weighted by Gasteiger charge is 2.18. The zero-order chi connectivity index (χ0) is 13.7. The predicted molar refractivity (Wildman–Crippen MR) is 73.8 cm³/mol. The van der Waals surface area contributed by atoms with Crippen molar-refractivity contribution in [2.45, 2.75) is 20.0 Å². The number of carbonyl (C=O) groups is 1. The van der Waals surface area contributed by atoms with E-state index in [-0.39, 0.29) is 12.0 Å². The lowest BCUT2D eigenvalue weighted by Crippen LogP contribution is -2.29. The van der Waals surface area contributed by atoms with Crippen molar-refractivity contribution in [3.05, 3.63) is 23.8 Å². The van der Waals surface area contributed by atoms with Crippen LogP contribution in [0.3, 0.4) is 0 Å². The molecule has 0 unspecified atom stereocenters. The Balaban J connectivity index is 1.95. The number of carbonyl (C=O) groups excluding carboxylic acids is 1. The summed E-state index contributed by atoms with van der Waals surface area (Å²) in [7, 11) is 0. The van der Waals surface area contributed by atoms with Crippen molar-refractivity contribution in [1.29, 1.82) is 0 Å². The smallest absolute Gasteiger partial charge is 0.255 e. The van der Waals surface area contributed by atoms with E-state index in [4.69, 9.17) is 9.47 Å². The minimum atomic E-state index is -0.132. The SMILES string of the molecule is CC(C)OCCNC(=O)c1cccc2c1OCCN2. The Morgan fingerprint density at radius 3 is 3.16 bits per heavy atom. The number of amides is 1. The average molecular weight is 264 g/mol. The van der Waals surface area contributed by atoms with Crippen molar-refractivity contribution in [2.75, 3.05) is 31.6 Å². The molecule has 0 radical (unpaired) electrons. The molecule has 0 spiro atoms. The summed E-state index contributed by atoms with van der Waals surface area (Å²) < 4.78 is 10.9. The van der Waals surface area contributed by atoms with Crippen molar-refractivity contribution < 1.29 is 14.3 Å². The molecule has 1 aromatic carbocycles. The Bertz CT molecular complexity index is 446. The third-order valence-electron chi connectivity index (χ3n) is 2.76. The van der Waals surface area contributed by atoms with Gasteiger partial charge in [0.1, 0.15) is 6.61 Å². The molecule has 1 aromatic rings. The van der Waals surface area contributed by atoms with E-state index < -0.39 is 0 Å². The quantitative estimate of drug-likeness (QED) is 0.794. The molecule has 0 saturated carbocycles. The van der Waals surface area contributed by atoms with E-state index in [0.717, 1.165) is 12.2 Å². The monoisotopic (exact) mass is 264 g/mol. The van der Waals surface area contributed by atoms with Crippen LogP contribution in [0.5, 0.6) is 5.75 Å². The molecule has 0 fully saturated rings. The number of fused-ring (bicyclic) bond motifs is 1. The number of nitrogens with one attached hydrogen (secondary N) is 2. The highest BCUT2D eigenvalue weighted by molar-refractivity contribution is 5.98. The summed E-state index contributed by atoms with van der Waals surface area (Å²) in [4.78, 5) is 12.1. The Morgan fingerprint density at radius 2 is 2.37 bits per heavy atom. The second-order valence-corrected chi connectivity index (χ2v) is 4.63. The van der Waals surface area contributed by atoms with Crippen LogP contribution in [0.25, 0.3) is 0 Å². The second kappa shape index (κ2) is 6.43. The fraction of sp³-hybridized carbons (Fsp3) is 0.500. The number of hydrogen-bond acceptors (Lipinski definition) is 4. The van der Waals surface area contributed by atoms with Gasteiger partial charge >= 0.3 is 0 Å². The Hall–Kier alpha value is -1.75. The van der Waals surface area contributed by atoms with Gasteiger partial charge in [-0.2, -0.15) is 0 Å². The van der Waals surface area contributed by atoms with Crippen LogP contribution in [0.15, 0.2) is 18.2 Å². The molecule has 0 aliphatic carbocycles. The van der Waals surface area contributed by atoms with Crippen molar-refractivity contribution in [3.63, 3.8) is 0 Å². The van der Waals surface area contributed by atoms with Gasteiger partial charge in [0.25, 0.3) is 5.91 Å². The van der Waals surface area contributed by atoms with Crippen molar-refractivity contribution in [2.24, 2.45) is 0 Å². The van der Waals surface area contributed by atoms with Crippen LogP contribution < -0.4 is 15.4 Å². The van der Waals surface area contributed by atoms with Gasteiger partial charge in [-0.25, -0.2) is 0 Å². The molecular weight excluding hydrogens is 244 g/mol. The van der Waals surface area contributed by atoms with Gasteiger partial charge in [-0.1, -0.05) is 6.07 Å². The van der Waals surface area contributed by atoms with Gasteiger partial charge in [0.05, 0.1) is 24.0 Å². The number of para-hydroxylation sites is 1. The van der Waals surface area contributed by atoms with Gasteiger partial charge in [0, 0.05) is 13.1 Å². The molecule has 0 atom stereocenters. The fourth-order valence-electron chi connectivity index (χ4n) is 1.90. The molecule has 0 saturated heterocycles. The van der Waals surface area contributed by atoms with E-state index in [1.165, 1.54) is 0 Å². The molecule has 5 nitrogen and oxygen atoms in total. The highest BCUT2D eigenvalue weighted by Crippen LogP contribution is 2.30. The summed E-state index contributed by atoms with van der Waals surface area (Å²) in [5.74, 6) is 0.504. The fourth-order valence-corrected chi connectivity index (χ4v) is 1.90. The van der Waals surface area contributed by atoms with Gasteiger partial charge in [-0.3, -0.25) is 4.79 Å². The summed E-state index contributed by atoms with van der Waals surface area (Å²) in [6.07, 6.45) is 0.175. The predicted octanol–water partition coefficient (Wildman–Crippen LogP) is 1.65. The number of ether oxygens (including phenoxy) is 2. The summed E-state index contributed by atoms with van der Waals surface area (Å²) in [6, 6.07) is 5.53. The van der Waals surface area contributed by atoms with Crippen LogP contribution in [0.1, 0.15) is 24.2 Å². The van der Waals surface area contributed by atoms with Crippen LogP contribution in [0.2, 0.25) is 0 Å². The standard InChI is InChI=1S/C14H20N2O3/c1-10(2)18-8-7-16-14(17)11-4-3-5-12-13(11)19-9-6-15-12/h3-5,10,15H,6-9H2,1-2H3,(H,16,17). The maximum atomic E-state index is 12.1. The first-order chi connectivity index (χ1) is 9.18. The van der Waals surface area contributed by atoms with Gasteiger partial charge in [0.15, 0.2) is 5.75 Å². The van der Waals surface area contributed by atoms with Gasteiger partial charge in [-0.15, -0.1) is 0 Å². The van der Waals surface area contributed by atoms with E-state index in [1.807, 2.05) is 26.0 Å². The number of rotatable bonds is 5. The zero-order valence-electron chi connectivity index (χ0n) is 11.4. The Labute approximate surface area is 113 Å². The van der Waals surface area contributed by atoms with Crippen LogP contribution in [0.4, 0.5) is 5.69 Å². The van der Waals surface area contributed by atoms with E-state index in [9.17, 15) is 4.79 Å². The van der Waals surface area contributed by atoms with Crippen LogP contribution in [-0.2, 0) is 4.74 Å². The Morgan fingerprint density at radius 1 is 1.53 bits per heavy atom. The normalized spacial score (nSPS) is 13.4. The summed E-state index contributed by atoms with van der Waals surface area (Å²) in [5.41, 5.74) is 1.44. The molecular formula is C14H20N2O3. The molecule has 104 valence electrons. The third kappa shape index (κ3) is 3.61. The van der Waals surface area contributed by atoms with E-state index in [2.05, 4.69) is 10.6 Å². The maximum absolute atomic E-state index is 12.1. The van der Waals surface area contributed by atoms with E-state index >= 15 is 0 Å². The first kappa shape index (κ1) is 13.7. The first-order valence-electron chi connectivity index (χ1n) is 6.58. The second-order valence-electron chi connectivity index (χ2n) is 4.63. The number of anilines is 1. The van der Waals surface area contributed by atoms with Crippen LogP contribution >= 0.6 is 0 Å². The van der Waals surface area contributed by atoms with Gasteiger partial charge in [-0.05, 0) is 26.0 Å². The van der Waals surface area contributed by atoms with Crippen LogP contribution in [0, 0.1) is 0 Å². The zero-order valence-corrected chi connectivity index (χ0v) is 11.4. The minimum Gasteiger partial charge on any atom is -0.489 e. The number of benzene rings is 1. The highest BCUT2D eigenvalue weighted by atomic mass is 16.5. The van der Waals surface area contributed by atoms with Crippen LogP contribution in [-0.4, -0.2) is 38.3 Å². The molecule has 1 heterocycles.